The van der Waals surface area contributed by atoms with E-state index in [0.29, 0.717) is 18.9 Å². The summed E-state index contributed by atoms with van der Waals surface area (Å²) < 4.78 is 0. The normalized spacial score (nSPS) is 20.3. The van der Waals surface area contributed by atoms with Crippen LogP contribution in [0.3, 0.4) is 0 Å². The number of anilines is 1. The third kappa shape index (κ3) is 4.57. The molecule has 1 aromatic carbocycles. The highest BCUT2D eigenvalue weighted by Gasteiger charge is 2.48. The maximum atomic E-state index is 12.4. The molecule has 0 aliphatic heterocycles. The fraction of sp³-hybridized carbons (Fsp3) is 0.579. The minimum Gasteiger partial charge on any atom is -0.356 e. The standard InChI is InChI=1S/C19H28N2O2/c1-12(2)11-20-17(22)13-10-14(13)18(23)21-16-9-7-6-8-15(16)19(3,4)5/h6-9,12-14H,10-11H2,1-5H3,(H,20,22)(H,21,23). The van der Waals surface area contributed by atoms with E-state index in [0.717, 1.165) is 11.3 Å². The van der Waals surface area contributed by atoms with Gasteiger partial charge in [-0.15, -0.1) is 0 Å². The third-order valence-corrected chi connectivity index (χ3v) is 4.14. The van der Waals surface area contributed by atoms with E-state index in [2.05, 4.69) is 45.3 Å². The van der Waals surface area contributed by atoms with Crippen LogP contribution < -0.4 is 10.6 Å². The maximum absolute atomic E-state index is 12.4. The van der Waals surface area contributed by atoms with Gasteiger partial charge < -0.3 is 10.6 Å². The summed E-state index contributed by atoms with van der Waals surface area (Å²) in [6, 6.07) is 7.87. The van der Waals surface area contributed by atoms with Gasteiger partial charge in [0.05, 0.1) is 11.8 Å². The predicted octanol–water partition coefficient (Wildman–Crippen LogP) is 3.33. The van der Waals surface area contributed by atoms with Gasteiger partial charge in [0.25, 0.3) is 0 Å². The van der Waals surface area contributed by atoms with E-state index in [4.69, 9.17) is 0 Å². The molecule has 4 heteroatoms. The van der Waals surface area contributed by atoms with Crippen LogP contribution in [0.4, 0.5) is 5.69 Å². The van der Waals surface area contributed by atoms with Gasteiger partial charge in [-0.05, 0) is 29.4 Å². The molecular weight excluding hydrogens is 288 g/mol. The summed E-state index contributed by atoms with van der Waals surface area (Å²) in [5.74, 6) is 0.00345. The Labute approximate surface area is 139 Å². The van der Waals surface area contributed by atoms with Crippen LogP contribution in [0.25, 0.3) is 0 Å². The zero-order valence-electron chi connectivity index (χ0n) is 14.8. The van der Waals surface area contributed by atoms with Gasteiger partial charge in [0, 0.05) is 12.2 Å². The van der Waals surface area contributed by atoms with Crippen molar-refractivity contribution in [2.24, 2.45) is 17.8 Å². The highest BCUT2D eigenvalue weighted by atomic mass is 16.2. The van der Waals surface area contributed by atoms with Crippen molar-refractivity contribution in [3.63, 3.8) is 0 Å². The SMILES string of the molecule is CC(C)CNC(=O)C1CC1C(=O)Nc1ccccc1C(C)(C)C. The predicted molar refractivity (Wildman–Crippen MR) is 93.2 cm³/mol. The topological polar surface area (TPSA) is 58.2 Å². The molecule has 0 bridgehead atoms. The lowest BCUT2D eigenvalue weighted by Gasteiger charge is -2.23. The summed E-state index contributed by atoms with van der Waals surface area (Å²) in [6.07, 6.45) is 0.646. The zero-order chi connectivity index (χ0) is 17.2. The molecule has 0 saturated heterocycles. The van der Waals surface area contributed by atoms with Gasteiger partial charge in [-0.25, -0.2) is 0 Å². The number of carbonyl (C=O) groups excluding carboxylic acids is 2. The summed E-state index contributed by atoms with van der Waals surface area (Å²) in [7, 11) is 0. The van der Waals surface area contributed by atoms with Crippen molar-refractivity contribution in [1.82, 2.24) is 5.32 Å². The molecule has 2 amide bonds. The summed E-state index contributed by atoms with van der Waals surface area (Å²) in [4.78, 5) is 24.4. The number of rotatable bonds is 5. The van der Waals surface area contributed by atoms with Crippen LogP contribution in [0.2, 0.25) is 0 Å². The van der Waals surface area contributed by atoms with Crippen LogP contribution >= 0.6 is 0 Å². The van der Waals surface area contributed by atoms with E-state index in [1.165, 1.54) is 0 Å². The van der Waals surface area contributed by atoms with Crippen molar-refractivity contribution in [2.75, 3.05) is 11.9 Å². The van der Waals surface area contributed by atoms with Gasteiger partial charge in [-0.1, -0.05) is 52.8 Å². The highest BCUT2D eigenvalue weighted by molar-refractivity contribution is 6.00. The van der Waals surface area contributed by atoms with Crippen LogP contribution in [-0.4, -0.2) is 18.4 Å². The van der Waals surface area contributed by atoms with Gasteiger partial charge in [-0.2, -0.15) is 0 Å². The first-order valence-corrected chi connectivity index (χ1v) is 8.38. The number of nitrogens with one attached hydrogen (secondary N) is 2. The Morgan fingerprint density at radius 3 is 2.35 bits per heavy atom. The molecule has 0 radical (unpaired) electrons. The summed E-state index contributed by atoms with van der Waals surface area (Å²) in [5, 5.41) is 5.92. The molecule has 0 heterocycles. The van der Waals surface area contributed by atoms with Crippen molar-refractivity contribution < 1.29 is 9.59 Å². The average Bonchev–Trinajstić information content (AvgIpc) is 3.24. The Morgan fingerprint density at radius 2 is 1.74 bits per heavy atom. The fourth-order valence-corrected chi connectivity index (χ4v) is 2.68. The molecule has 2 rings (SSSR count). The van der Waals surface area contributed by atoms with Crippen LogP contribution in [0.1, 0.15) is 46.6 Å². The highest BCUT2D eigenvalue weighted by Crippen LogP contribution is 2.40. The van der Waals surface area contributed by atoms with Gasteiger partial charge in [0.1, 0.15) is 0 Å². The quantitative estimate of drug-likeness (QED) is 0.875. The number of carbonyl (C=O) groups is 2. The summed E-state index contributed by atoms with van der Waals surface area (Å²) in [5.41, 5.74) is 1.91. The lowest BCUT2D eigenvalue weighted by molar-refractivity contribution is -0.125. The molecule has 4 nitrogen and oxygen atoms in total. The molecule has 1 aliphatic carbocycles. The maximum Gasteiger partial charge on any atom is 0.228 e. The van der Waals surface area contributed by atoms with E-state index in [1.54, 1.807) is 0 Å². The zero-order valence-corrected chi connectivity index (χ0v) is 14.8. The Bertz CT molecular complexity index is 587. The molecule has 0 aromatic heterocycles. The van der Waals surface area contributed by atoms with Crippen LogP contribution in [0, 0.1) is 17.8 Å². The fourth-order valence-electron chi connectivity index (χ4n) is 2.68. The Balaban J connectivity index is 1.96. The molecule has 23 heavy (non-hydrogen) atoms. The molecular formula is C19H28N2O2. The molecule has 1 saturated carbocycles. The lowest BCUT2D eigenvalue weighted by atomic mass is 9.86. The molecule has 1 fully saturated rings. The molecule has 126 valence electrons. The molecule has 2 atom stereocenters. The first-order valence-electron chi connectivity index (χ1n) is 8.38. The Hall–Kier alpha value is -1.84. The lowest BCUT2D eigenvalue weighted by Crippen LogP contribution is -2.30. The van der Waals surface area contributed by atoms with E-state index < -0.39 is 0 Å². The number of amides is 2. The van der Waals surface area contributed by atoms with E-state index in [9.17, 15) is 9.59 Å². The van der Waals surface area contributed by atoms with Gasteiger partial charge in [0.15, 0.2) is 0 Å². The van der Waals surface area contributed by atoms with Gasteiger partial charge >= 0.3 is 0 Å². The minimum atomic E-state index is -0.199. The van der Waals surface area contributed by atoms with Gasteiger partial charge in [0.2, 0.25) is 11.8 Å². The number of hydrogen-bond acceptors (Lipinski definition) is 2. The van der Waals surface area contributed by atoms with Gasteiger partial charge in [-0.3, -0.25) is 9.59 Å². The van der Waals surface area contributed by atoms with Crippen LogP contribution in [-0.2, 0) is 15.0 Å². The third-order valence-electron chi connectivity index (χ3n) is 4.14. The van der Waals surface area contributed by atoms with Crippen molar-refractivity contribution in [3.05, 3.63) is 29.8 Å². The van der Waals surface area contributed by atoms with Crippen molar-refractivity contribution in [1.29, 1.82) is 0 Å². The van der Waals surface area contributed by atoms with Crippen molar-refractivity contribution in [3.8, 4) is 0 Å². The first kappa shape index (κ1) is 17.5. The number of benzene rings is 1. The smallest absolute Gasteiger partial charge is 0.228 e. The number of para-hydroxylation sites is 1. The Kier molecular flexibility index (Phi) is 5.12. The average molecular weight is 316 g/mol. The van der Waals surface area contributed by atoms with Crippen LogP contribution in [0.15, 0.2) is 24.3 Å². The monoisotopic (exact) mass is 316 g/mol. The molecule has 0 spiro atoms. The van der Waals surface area contributed by atoms with E-state index >= 15 is 0 Å². The molecule has 2 unspecified atom stereocenters. The van der Waals surface area contributed by atoms with Crippen molar-refractivity contribution in [2.45, 2.75) is 46.5 Å². The number of hydrogen-bond donors (Lipinski definition) is 2. The van der Waals surface area contributed by atoms with E-state index in [-0.39, 0.29) is 29.1 Å². The largest absolute Gasteiger partial charge is 0.356 e. The molecule has 1 aromatic rings. The second-order valence-electron chi connectivity index (χ2n) is 7.87. The Morgan fingerprint density at radius 1 is 1.13 bits per heavy atom. The molecule has 1 aliphatic rings. The second kappa shape index (κ2) is 6.73. The first-order chi connectivity index (χ1) is 10.7. The minimum absolute atomic E-state index is 0.00274. The molecule has 2 N–H and O–H groups in total. The summed E-state index contributed by atoms with van der Waals surface area (Å²) in [6.45, 7) is 11.1. The van der Waals surface area contributed by atoms with E-state index in [1.807, 2.05) is 24.3 Å². The summed E-state index contributed by atoms with van der Waals surface area (Å²) >= 11 is 0. The van der Waals surface area contributed by atoms with Crippen molar-refractivity contribution >= 4 is 17.5 Å². The van der Waals surface area contributed by atoms with Crippen LogP contribution in [0.5, 0.6) is 0 Å². The second-order valence-corrected chi connectivity index (χ2v) is 7.87.